The van der Waals surface area contributed by atoms with E-state index >= 15 is 0 Å². The smallest absolute Gasteiger partial charge is 0.0159 e. The molecule has 1 N–H and O–H groups in total. The molecule has 1 aliphatic rings. The maximum atomic E-state index is 3.42. The standard InChI is InChI=1S/C6H13BrN2.2BrH/c7-1-4-9-5-2-8-3-6-9;;/h8H,1-6H2;2*1H. The van der Waals surface area contributed by atoms with Gasteiger partial charge in [0.05, 0.1) is 0 Å². The third-order valence-electron chi connectivity index (χ3n) is 1.61. The molecule has 5 heteroatoms. The SMILES string of the molecule is Br.Br.BrCCN1CCNCC1. The number of nitrogens with zero attached hydrogens (tertiary/aromatic N) is 1. The second-order valence-electron chi connectivity index (χ2n) is 2.28. The van der Waals surface area contributed by atoms with Gasteiger partial charge in [0.25, 0.3) is 0 Å². The summed E-state index contributed by atoms with van der Waals surface area (Å²) in [5.41, 5.74) is 0. The highest BCUT2D eigenvalue weighted by molar-refractivity contribution is 9.09. The Kier molecular flexibility index (Phi) is 12.8. The Balaban J connectivity index is 0. The van der Waals surface area contributed by atoms with Crippen LogP contribution in [0.5, 0.6) is 0 Å². The average molecular weight is 355 g/mol. The third kappa shape index (κ3) is 6.51. The van der Waals surface area contributed by atoms with Gasteiger partial charge in [0.2, 0.25) is 0 Å². The van der Waals surface area contributed by atoms with Gasteiger partial charge in [-0.3, -0.25) is 4.90 Å². The van der Waals surface area contributed by atoms with E-state index in [-0.39, 0.29) is 34.0 Å². The summed E-state index contributed by atoms with van der Waals surface area (Å²) in [4.78, 5) is 2.46. The minimum absolute atomic E-state index is 0. The molecule has 0 spiro atoms. The van der Waals surface area contributed by atoms with Crippen LogP contribution in [0.3, 0.4) is 0 Å². The molecular weight excluding hydrogens is 340 g/mol. The van der Waals surface area contributed by atoms with Crippen LogP contribution in [0.4, 0.5) is 0 Å². The third-order valence-corrected chi connectivity index (χ3v) is 1.96. The molecule has 0 atom stereocenters. The zero-order valence-corrected chi connectivity index (χ0v) is 11.4. The van der Waals surface area contributed by atoms with Crippen molar-refractivity contribution in [2.24, 2.45) is 0 Å². The van der Waals surface area contributed by atoms with Crippen LogP contribution in [-0.4, -0.2) is 43.0 Å². The van der Waals surface area contributed by atoms with E-state index in [1.165, 1.54) is 19.6 Å². The molecule has 11 heavy (non-hydrogen) atoms. The first kappa shape index (κ1) is 14.9. The molecule has 0 amide bonds. The number of alkyl halides is 1. The molecule has 1 heterocycles. The van der Waals surface area contributed by atoms with Gasteiger partial charge >= 0.3 is 0 Å². The van der Waals surface area contributed by atoms with Crippen LogP contribution >= 0.6 is 49.9 Å². The van der Waals surface area contributed by atoms with Crippen LogP contribution in [0.2, 0.25) is 0 Å². The maximum absolute atomic E-state index is 3.42. The normalized spacial score (nSPS) is 18.3. The van der Waals surface area contributed by atoms with E-state index in [0.29, 0.717) is 0 Å². The molecule has 0 unspecified atom stereocenters. The van der Waals surface area contributed by atoms with Crippen molar-refractivity contribution in [1.82, 2.24) is 10.2 Å². The molecule has 1 saturated heterocycles. The maximum Gasteiger partial charge on any atom is 0.0159 e. The second kappa shape index (κ2) is 9.45. The Hall–Kier alpha value is 1.36. The zero-order valence-electron chi connectivity index (χ0n) is 6.38. The van der Waals surface area contributed by atoms with Gasteiger partial charge < -0.3 is 5.32 Å². The van der Waals surface area contributed by atoms with Crippen molar-refractivity contribution >= 4 is 49.9 Å². The van der Waals surface area contributed by atoms with Crippen molar-refractivity contribution in [3.05, 3.63) is 0 Å². The largest absolute Gasteiger partial charge is 0.314 e. The molecule has 0 bridgehead atoms. The lowest BCUT2D eigenvalue weighted by atomic mass is 10.4. The molecule has 0 aromatic carbocycles. The molecule has 70 valence electrons. The van der Waals surface area contributed by atoms with Crippen LogP contribution in [-0.2, 0) is 0 Å². The van der Waals surface area contributed by atoms with Gasteiger partial charge in [0.1, 0.15) is 0 Å². The lowest BCUT2D eigenvalue weighted by Crippen LogP contribution is -2.44. The number of nitrogens with one attached hydrogen (secondary N) is 1. The van der Waals surface area contributed by atoms with Crippen molar-refractivity contribution in [2.75, 3.05) is 38.1 Å². The summed E-state index contributed by atoms with van der Waals surface area (Å²) in [7, 11) is 0. The van der Waals surface area contributed by atoms with Crippen LogP contribution in [0, 0.1) is 0 Å². The van der Waals surface area contributed by atoms with Gasteiger partial charge in [-0.25, -0.2) is 0 Å². The van der Waals surface area contributed by atoms with Crippen molar-refractivity contribution < 1.29 is 0 Å². The molecule has 2 nitrogen and oxygen atoms in total. The highest BCUT2D eigenvalue weighted by Gasteiger charge is 2.06. The van der Waals surface area contributed by atoms with Gasteiger partial charge in [-0.15, -0.1) is 34.0 Å². The molecule has 0 radical (unpaired) electrons. The number of rotatable bonds is 2. The molecule has 1 fully saturated rings. The fraction of sp³-hybridized carbons (Fsp3) is 1.00. The van der Waals surface area contributed by atoms with Crippen molar-refractivity contribution in [3.8, 4) is 0 Å². The van der Waals surface area contributed by atoms with Crippen molar-refractivity contribution in [1.29, 1.82) is 0 Å². The lowest BCUT2D eigenvalue weighted by molar-refractivity contribution is 0.255. The number of hydrogen-bond acceptors (Lipinski definition) is 2. The number of halogens is 3. The summed E-state index contributed by atoms with van der Waals surface area (Å²) in [6, 6.07) is 0. The molecule has 1 rings (SSSR count). The van der Waals surface area contributed by atoms with Gasteiger partial charge in [-0.2, -0.15) is 0 Å². The molecular formula is C6H15Br3N2. The van der Waals surface area contributed by atoms with Gasteiger partial charge in [-0.1, -0.05) is 15.9 Å². The minimum atomic E-state index is 0. The molecule has 1 aliphatic heterocycles. The Labute approximate surface area is 97.8 Å². The van der Waals surface area contributed by atoms with Crippen molar-refractivity contribution in [3.63, 3.8) is 0 Å². The van der Waals surface area contributed by atoms with Crippen LogP contribution in [0.15, 0.2) is 0 Å². The minimum Gasteiger partial charge on any atom is -0.314 e. The number of piperazine rings is 1. The molecule has 0 saturated carbocycles. The lowest BCUT2D eigenvalue weighted by Gasteiger charge is -2.26. The first-order valence-corrected chi connectivity index (χ1v) is 4.54. The Morgan fingerprint density at radius 1 is 1.18 bits per heavy atom. The van der Waals surface area contributed by atoms with Gasteiger partial charge in [0, 0.05) is 38.1 Å². The second-order valence-corrected chi connectivity index (χ2v) is 3.07. The summed E-state index contributed by atoms with van der Waals surface area (Å²) in [6.07, 6.45) is 0. The average Bonchev–Trinajstić information content (AvgIpc) is 1.91. The van der Waals surface area contributed by atoms with Crippen LogP contribution < -0.4 is 5.32 Å². The highest BCUT2D eigenvalue weighted by atomic mass is 79.9. The summed E-state index contributed by atoms with van der Waals surface area (Å²) >= 11 is 3.42. The van der Waals surface area contributed by atoms with E-state index in [9.17, 15) is 0 Å². The van der Waals surface area contributed by atoms with E-state index in [4.69, 9.17) is 0 Å². The molecule has 0 aromatic rings. The van der Waals surface area contributed by atoms with E-state index in [1.807, 2.05) is 0 Å². The summed E-state index contributed by atoms with van der Waals surface area (Å²) in [6.45, 7) is 5.94. The fourth-order valence-corrected chi connectivity index (χ4v) is 1.56. The Morgan fingerprint density at radius 3 is 2.18 bits per heavy atom. The highest BCUT2D eigenvalue weighted by Crippen LogP contribution is 1.92. The zero-order chi connectivity index (χ0) is 6.53. The number of hydrogen-bond donors (Lipinski definition) is 1. The molecule has 0 aromatic heterocycles. The first-order valence-electron chi connectivity index (χ1n) is 3.42. The van der Waals surface area contributed by atoms with Crippen LogP contribution in [0.25, 0.3) is 0 Å². The van der Waals surface area contributed by atoms with E-state index in [2.05, 4.69) is 26.1 Å². The Bertz CT molecular complexity index is 73.5. The quantitative estimate of drug-likeness (QED) is 0.755. The fourth-order valence-electron chi connectivity index (χ4n) is 1.05. The van der Waals surface area contributed by atoms with E-state index in [1.54, 1.807) is 0 Å². The Morgan fingerprint density at radius 2 is 1.73 bits per heavy atom. The van der Waals surface area contributed by atoms with E-state index < -0.39 is 0 Å². The summed E-state index contributed by atoms with van der Waals surface area (Å²) < 4.78 is 0. The topological polar surface area (TPSA) is 15.3 Å². The van der Waals surface area contributed by atoms with E-state index in [0.717, 1.165) is 18.4 Å². The summed E-state index contributed by atoms with van der Waals surface area (Å²) in [5.74, 6) is 0. The monoisotopic (exact) mass is 352 g/mol. The van der Waals surface area contributed by atoms with Gasteiger partial charge in [-0.05, 0) is 0 Å². The molecule has 0 aliphatic carbocycles. The summed E-state index contributed by atoms with van der Waals surface area (Å²) in [5, 5.41) is 4.42. The van der Waals surface area contributed by atoms with Gasteiger partial charge in [0.15, 0.2) is 0 Å². The van der Waals surface area contributed by atoms with Crippen LogP contribution in [0.1, 0.15) is 0 Å². The predicted molar refractivity (Wildman–Crippen MR) is 63.7 cm³/mol. The predicted octanol–water partition coefficient (Wildman–Crippen LogP) is 1.44. The van der Waals surface area contributed by atoms with Crippen molar-refractivity contribution in [2.45, 2.75) is 0 Å². The first-order chi connectivity index (χ1) is 4.43.